The maximum atomic E-state index is 11.3. The number of rotatable bonds is 6. The van der Waals surface area contributed by atoms with Gasteiger partial charge < -0.3 is 15.3 Å². The minimum Gasteiger partial charge on any atom is -0.479 e. The molecule has 1 aromatic carbocycles. The number of alkyl halides is 1. The van der Waals surface area contributed by atoms with E-state index in [2.05, 4.69) is 15.9 Å². The molecule has 0 saturated carbocycles. The van der Waals surface area contributed by atoms with Crippen molar-refractivity contribution in [3.63, 3.8) is 0 Å². The van der Waals surface area contributed by atoms with Crippen molar-refractivity contribution in [2.75, 3.05) is 5.33 Å². The van der Waals surface area contributed by atoms with E-state index in [1.807, 2.05) is 0 Å². The van der Waals surface area contributed by atoms with Gasteiger partial charge >= 0.3 is 5.97 Å². The maximum Gasteiger partial charge on any atom is 0.337 e. The number of carbonyl (C=O) groups is 2. The first-order valence-corrected chi connectivity index (χ1v) is 6.32. The van der Waals surface area contributed by atoms with Crippen LogP contribution in [-0.2, 0) is 22.6 Å². The Morgan fingerprint density at radius 2 is 1.94 bits per heavy atom. The van der Waals surface area contributed by atoms with Gasteiger partial charge in [0.1, 0.15) is 5.78 Å². The zero-order valence-electron chi connectivity index (χ0n) is 9.47. The van der Waals surface area contributed by atoms with Crippen LogP contribution in [0.5, 0.6) is 0 Å². The van der Waals surface area contributed by atoms with Crippen LogP contribution in [0.2, 0.25) is 0 Å². The lowest BCUT2D eigenvalue weighted by atomic mass is 9.98. The van der Waals surface area contributed by atoms with Gasteiger partial charge in [-0.1, -0.05) is 34.1 Å². The molecule has 5 nitrogen and oxygen atoms in total. The molecule has 6 heteroatoms. The first-order chi connectivity index (χ1) is 8.49. The third-order valence-corrected chi connectivity index (χ3v) is 3.11. The third-order valence-electron chi connectivity index (χ3n) is 2.49. The molecular weight excluding hydrogens is 304 g/mol. The molecule has 1 rings (SSSR count). The summed E-state index contributed by atoms with van der Waals surface area (Å²) in [6.07, 6.45) is -1.47. The molecule has 0 aliphatic rings. The van der Waals surface area contributed by atoms with Gasteiger partial charge in [-0.25, -0.2) is 4.79 Å². The quantitative estimate of drug-likeness (QED) is 0.675. The van der Waals surface area contributed by atoms with Gasteiger partial charge in [0.2, 0.25) is 0 Å². The predicted octanol–water partition coefficient (Wildman–Crippen LogP) is 0.803. The van der Waals surface area contributed by atoms with E-state index in [1.165, 1.54) is 12.1 Å². The topological polar surface area (TPSA) is 94.8 Å². The Labute approximate surface area is 112 Å². The summed E-state index contributed by atoms with van der Waals surface area (Å²) in [4.78, 5) is 21.9. The van der Waals surface area contributed by atoms with E-state index >= 15 is 0 Å². The average Bonchev–Trinajstić information content (AvgIpc) is 2.37. The summed E-state index contributed by atoms with van der Waals surface area (Å²) < 4.78 is 0. The van der Waals surface area contributed by atoms with Crippen LogP contribution in [0.4, 0.5) is 0 Å². The van der Waals surface area contributed by atoms with Crippen molar-refractivity contribution < 1.29 is 24.9 Å². The van der Waals surface area contributed by atoms with Crippen molar-refractivity contribution >= 4 is 27.7 Å². The van der Waals surface area contributed by atoms with Crippen LogP contribution in [0.3, 0.4) is 0 Å². The Balaban J connectivity index is 3.03. The van der Waals surface area contributed by atoms with Crippen molar-refractivity contribution in [1.29, 1.82) is 0 Å². The molecule has 0 saturated heterocycles. The molecule has 0 radical (unpaired) electrons. The number of aliphatic hydroxyl groups is 2. The second-order valence-electron chi connectivity index (χ2n) is 3.78. The standard InChI is InChI=1S/C12H13BrO5/c13-5-10(15)4-7-1-2-8(3-9(7)6-14)11(16)12(17)18/h1-3,11,14,16H,4-6H2,(H,17,18). The number of aliphatic carboxylic acids is 1. The van der Waals surface area contributed by atoms with Crippen LogP contribution < -0.4 is 0 Å². The molecule has 3 N–H and O–H groups in total. The Hall–Kier alpha value is -1.24. The smallest absolute Gasteiger partial charge is 0.337 e. The summed E-state index contributed by atoms with van der Waals surface area (Å²) in [5.41, 5.74) is 1.26. The lowest BCUT2D eigenvalue weighted by molar-refractivity contribution is -0.147. The van der Waals surface area contributed by atoms with Crippen LogP contribution in [0.15, 0.2) is 18.2 Å². The lowest BCUT2D eigenvalue weighted by Gasteiger charge is -2.11. The Bertz CT molecular complexity index is 458. The zero-order chi connectivity index (χ0) is 13.7. The number of benzene rings is 1. The number of halogens is 1. The van der Waals surface area contributed by atoms with E-state index in [0.29, 0.717) is 11.1 Å². The van der Waals surface area contributed by atoms with Gasteiger partial charge in [0, 0.05) is 6.42 Å². The average molecular weight is 317 g/mol. The van der Waals surface area contributed by atoms with Crippen LogP contribution in [0.25, 0.3) is 0 Å². The van der Waals surface area contributed by atoms with Crippen LogP contribution in [0, 0.1) is 0 Å². The number of hydrogen-bond donors (Lipinski definition) is 3. The molecule has 1 atom stereocenters. The number of carbonyl (C=O) groups excluding carboxylic acids is 1. The van der Waals surface area contributed by atoms with Crippen molar-refractivity contribution in [3.8, 4) is 0 Å². The second-order valence-corrected chi connectivity index (χ2v) is 4.34. The largest absolute Gasteiger partial charge is 0.479 e. The fourth-order valence-corrected chi connectivity index (χ4v) is 1.74. The summed E-state index contributed by atoms with van der Waals surface area (Å²) in [5, 5.41) is 27.5. The highest BCUT2D eigenvalue weighted by molar-refractivity contribution is 9.09. The van der Waals surface area contributed by atoms with E-state index in [4.69, 9.17) is 5.11 Å². The van der Waals surface area contributed by atoms with Crippen LogP contribution in [0.1, 0.15) is 22.8 Å². The zero-order valence-corrected chi connectivity index (χ0v) is 11.1. The fraction of sp³-hybridized carbons (Fsp3) is 0.333. The molecule has 0 aromatic heterocycles. The third kappa shape index (κ3) is 3.63. The molecule has 0 spiro atoms. The molecule has 98 valence electrons. The predicted molar refractivity (Wildman–Crippen MR) is 67.5 cm³/mol. The Kier molecular flexibility index (Phi) is 5.46. The fourth-order valence-electron chi connectivity index (χ4n) is 1.54. The van der Waals surface area contributed by atoms with E-state index < -0.39 is 12.1 Å². The van der Waals surface area contributed by atoms with Gasteiger partial charge in [0.15, 0.2) is 6.10 Å². The first kappa shape index (κ1) is 14.8. The molecule has 0 aliphatic heterocycles. The molecule has 0 fully saturated rings. The van der Waals surface area contributed by atoms with E-state index in [-0.39, 0.29) is 29.7 Å². The monoisotopic (exact) mass is 316 g/mol. The molecule has 1 unspecified atom stereocenters. The van der Waals surface area contributed by atoms with E-state index in [0.717, 1.165) is 0 Å². The number of ketones is 1. The number of Topliss-reactive ketones (excluding diaryl/α,β-unsaturated/α-hetero) is 1. The molecule has 0 aliphatic carbocycles. The minimum atomic E-state index is -1.63. The van der Waals surface area contributed by atoms with Gasteiger partial charge in [0.05, 0.1) is 11.9 Å². The van der Waals surface area contributed by atoms with E-state index in [9.17, 15) is 19.8 Å². The maximum absolute atomic E-state index is 11.3. The summed E-state index contributed by atoms with van der Waals surface area (Å²) in [6.45, 7) is -0.314. The Morgan fingerprint density at radius 3 is 2.44 bits per heavy atom. The molecule has 0 amide bonds. The van der Waals surface area contributed by atoms with Crippen molar-refractivity contribution in [2.24, 2.45) is 0 Å². The van der Waals surface area contributed by atoms with Crippen molar-refractivity contribution in [1.82, 2.24) is 0 Å². The summed E-state index contributed by atoms with van der Waals surface area (Å²) in [7, 11) is 0. The minimum absolute atomic E-state index is 0.0452. The highest BCUT2D eigenvalue weighted by Gasteiger charge is 2.17. The highest BCUT2D eigenvalue weighted by atomic mass is 79.9. The van der Waals surface area contributed by atoms with Gasteiger partial charge in [-0.3, -0.25) is 4.79 Å². The summed E-state index contributed by atoms with van der Waals surface area (Å²) in [6, 6.07) is 4.39. The van der Waals surface area contributed by atoms with E-state index in [1.54, 1.807) is 6.07 Å². The molecule has 0 heterocycles. The number of carboxylic acid groups (broad SMARTS) is 1. The SMILES string of the molecule is O=C(CBr)Cc1ccc(C(O)C(=O)O)cc1CO. The van der Waals surface area contributed by atoms with Gasteiger partial charge in [-0.05, 0) is 16.7 Å². The first-order valence-electron chi connectivity index (χ1n) is 5.20. The van der Waals surface area contributed by atoms with Crippen LogP contribution in [-0.4, -0.2) is 32.4 Å². The van der Waals surface area contributed by atoms with Crippen molar-refractivity contribution in [2.45, 2.75) is 19.1 Å². The van der Waals surface area contributed by atoms with Gasteiger partial charge in [-0.2, -0.15) is 0 Å². The summed E-state index contributed by atoms with van der Waals surface area (Å²) >= 11 is 3.05. The van der Waals surface area contributed by atoms with Gasteiger partial charge in [-0.15, -0.1) is 0 Å². The number of hydrogen-bond acceptors (Lipinski definition) is 4. The van der Waals surface area contributed by atoms with Gasteiger partial charge in [0.25, 0.3) is 0 Å². The Morgan fingerprint density at radius 1 is 1.28 bits per heavy atom. The molecule has 1 aromatic rings. The van der Waals surface area contributed by atoms with Crippen LogP contribution >= 0.6 is 15.9 Å². The number of aliphatic hydroxyl groups excluding tert-OH is 2. The molecule has 18 heavy (non-hydrogen) atoms. The summed E-state index contributed by atoms with van der Waals surface area (Å²) in [5.74, 6) is -1.40. The number of carboxylic acids is 1. The normalized spacial score (nSPS) is 12.2. The lowest BCUT2D eigenvalue weighted by Crippen LogP contribution is -2.12. The highest BCUT2D eigenvalue weighted by Crippen LogP contribution is 2.19. The molecule has 0 bridgehead atoms. The van der Waals surface area contributed by atoms with Crippen molar-refractivity contribution in [3.05, 3.63) is 34.9 Å². The second kappa shape index (κ2) is 6.63. The molecular formula is C12H13BrO5.